The second kappa shape index (κ2) is 7.38. The molecule has 1 aromatic carbocycles. The smallest absolute Gasteiger partial charge is 0.241 e. The van der Waals surface area contributed by atoms with Gasteiger partial charge in [-0.2, -0.15) is 0 Å². The van der Waals surface area contributed by atoms with Crippen molar-refractivity contribution < 1.29 is 8.42 Å². The zero-order chi connectivity index (χ0) is 15.3. The van der Waals surface area contributed by atoms with E-state index in [-0.39, 0.29) is 6.04 Å². The zero-order valence-electron chi connectivity index (χ0n) is 12.9. The average Bonchev–Trinajstić information content (AvgIpc) is 2.84. The van der Waals surface area contributed by atoms with Crippen molar-refractivity contribution in [3.8, 4) is 0 Å². The van der Waals surface area contributed by atoms with Crippen molar-refractivity contribution in [1.29, 1.82) is 0 Å². The first kappa shape index (κ1) is 16.5. The fourth-order valence-corrected chi connectivity index (χ4v) is 4.43. The fraction of sp³-hybridized carbons (Fsp3) is 0.625. The molecule has 0 spiro atoms. The Morgan fingerprint density at radius 2 is 2.00 bits per heavy atom. The SMILES string of the molecule is CCCNCc1ccccc1S(=O)(=O)NC1CCC(C)C1. The van der Waals surface area contributed by atoms with Gasteiger partial charge in [0.05, 0.1) is 4.90 Å². The molecule has 5 heteroatoms. The van der Waals surface area contributed by atoms with Crippen LogP contribution in [0.5, 0.6) is 0 Å². The van der Waals surface area contributed by atoms with Crippen molar-refractivity contribution in [1.82, 2.24) is 10.0 Å². The minimum absolute atomic E-state index is 0.0849. The second-order valence-corrected chi connectivity index (χ2v) is 7.70. The Kier molecular flexibility index (Phi) is 5.79. The summed E-state index contributed by atoms with van der Waals surface area (Å²) in [6.07, 6.45) is 4.02. The molecule has 118 valence electrons. The van der Waals surface area contributed by atoms with Gasteiger partial charge in [-0.15, -0.1) is 0 Å². The van der Waals surface area contributed by atoms with Crippen LogP contribution in [0.15, 0.2) is 29.2 Å². The maximum absolute atomic E-state index is 12.6. The molecule has 1 saturated carbocycles. The molecule has 2 atom stereocenters. The minimum Gasteiger partial charge on any atom is -0.313 e. The lowest BCUT2D eigenvalue weighted by Crippen LogP contribution is -2.33. The Labute approximate surface area is 128 Å². The Hall–Kier alpha value is -0.910. The van der Waals surface area contributed by atoms with Crippen molar-refractivity contribution in [3.63, 3.8) is 0 Å². The molecule has 1 fully saturated rings. The molecule has 0 saturated heterocycles. The first-order chi connectivity index (χ1) is 10.0. The number of hydrogen-bond donors (Lipinski definition) is 2. The molecule has 1 aliphatic rings. The van der Waals surface area contributed by atoms with Crippen LogP contribution in [0, 0.1) is 5.92 Å². The molecule has 1 aliphatic carbocycles. The number of hydrogen-bond acceptors (Lipinski definition) is 3. The van der Waals surface area contributed by atoms with Crippen LogP contribution in [0.3, 0.4) is 0 Å². The molecule has 1 aromatic rings. The van der Waals surface area contributed by atoms with Crippen molar-refractivity contribution in [2.75, 3.05) is 6.54 Å². The van der Waals surface area contributed by atoms with E-state index in [1.54, 1.807) is 12.1 Å². The van der Waals surface area contributed by atoms with Gasteiger partial charge < -0.3 is 5.32 Å². The molecular formula is C16H26N2O2S. The van der Waals surface area contributed by atoms with Gasteiger partial charge in [0.2, 0.25) is 10.0 Å². The molecule has 2 unspecified atom stereocenters. The highest BCUT2D eigenvalue weighted by Crippen LogP contribution is 2.26. The molecule has 2 rings (SSSR count). The lowest BCUT2D eigenvalue weighted by atomic mass is 10.1. The largest absolute Gasteiger partial charge is 0.313 e. The van der Waals surface area contributed by atoms with E-state index in [9.17, 15) is 8.42 Å². The maximum Gasteiger partial charge on any atom is 0.241 e. The van der Waals surface area contributed by atoms with E-state index in [1.807, 2.05) is 12.1 Å². The molecular weight excluding hydrogens is 284 g/mol. The van der Waals surface area contributed by atoms with E-state index < -0.39 is 10.0 Å². The van der Waals surface area contributed by atoms with Gasteiger partial charge >= 0.3 is 0 Å². The quantitative estimate of drug-likeness (QED) is 0.761. The van der Waals surface area contributed by atoms with Crippen molar-refractivity contribution >= 4 is 10.0 Å². The van der Waals surface area contributed by atoms with Crippen molar-refractivity contribution in [2.45, 2.75) is 57.0 Å². The highest BCUT2D eigenvalue weighted by atomic mass is 32.2. The lowest BCUT2D eigenvalue weighted by Gasteiger charge is -2.16. The monoisotopic (exact) mass is 310 g/mol. The third kappa shape index (κ3) is 4.53. The Morgan fingerprint density at radius 1 is 1.24 bits per heavy atom. The molecule has 0 amide bonds. The van der Waals surface area contributed by atoms with Gasteiger partial charge in [0, 0.05) is 12.6 Å². The highest BCUT2D eigenvalue weighted by molar-refractivity contribution is 7.89. The molecule has 0 heterocycles. The van der Waals surface area contributed by atoms with Gasteiger partial charge in [-0.1, -0.05) is 32.0 Å². The summed E-state index contributed by atoms with van der Waals surface area (Å²) in [6.45, 7) is 5.75. The molecule has 4 nitrogen and oxygen atoms in total. The third-order valence-electron chi connectivity index (χ3n) is 4.02. The highest BCUT2D eigenvalue weighted by Gasteiger charge is 2.27. The normalized spacial score (nSPS) is 22.6. The summed E-state index contributed by atoms with van der Waals surface area (Å²) >= 11 is 0. The van der Waals surface area contributed by atoms with Gasteiger partial charge in [-0.3, -0.25) is 0 Å². The van der Waals surface area contributed by atoms with E-state index in [1.165, 1.54) is 0 Å². The predicted octanol–water partition coefficient (Wildman–Crippen LogP) is 2.65. The van der Waals surface area contributed by atoms with Crippen LogP contribution >= 0.6 is 0 Å². The second-order valence-electron chi connectivity index (χ2n) is 6.02. The number of rotatable bonds is 7. The van der Waals surface area contributed by atoms with E-state index in [4.69, 9.17) is 0 Å². The van der Waals surface area contributed by atoms with E-state index in [0.29, 0.717) is 17.4 Å². The summed E-state index contributed by atoms with van der Waals surface area (Å²) in [6, 6.07) is 7.34. The maximum atomic E-state index is 12.6. The number of sulfonamides is 1. The van der Waals surface area contributed by atoms with Gasteiger partial charge in [-0.05, 0) is 49.8 Å². The summed E-state index contributed by atoms with van der Waals surface area (Å²) in [5, 5.41) is 3.27. The average molecular weight is 310 g/mol. The summed E-state index contributed by atoms with van der Waals surface area (Å²) < 4.78 is 28.1. The summed E-state index contributed by atoms with van der Waals surface area (Å²) in [4.78, 5) is 0.410. The lowest BCUT2D eigenvalue weighted by molar-refractivity contribution is 0.537. The van der Waals surface area contributed by atoms with E-state index >= 15 is 0 Å². The first-order valence-corrected chi connectivity index (χ1v) is 9.32. The van der Waals surface area contributed by atoms with Crippen LogP contribution in [0.4, 0.5) is 0 Å². The Balaban J connectivity index is 2.11. The molecule has 0 aliphatic heterocycles. The molecule has 0 bridgehead atoms. The molecule has 0 radical (unpaired) electrons. The van der Waals surface area contributed by atoms with Gasteiger partial charge in [0.25, 0.3) is 0 Å². The van der Waals surface area contributed by atoms with Crippen LogP contribution < -0.4 is 10.0 Å². The van der Waals surface area contributed by atoms with Crippen molar-refractivity contribution in [3.05, 3.63) is 29.8 Å². The molecule has 2 N–H and O–H groups in total. The Morgan fingerprint density at radius 3 is 2.67 bits per heavy atom. The Bertz CT molecular complexity index is 557. The summed E-state index contributed by atoms with van der Waals surface area (Å²) in [7, 11) is -3.42. The van der Waals surface area contributed by atoms with E-state index in [2.05, 4.69) is 23.9 Å². The van der Waals surface area contributed by atoms with Crippen molar-refractivity contribution in [2.24, 2.45) is 5.92 Å². The molecule has 21 heavy (non-hydrogen) atoms. The van der Waals surface area contributed by atoms with Crippen LogP contribution in [-0.4, -0.2) is 21.0 Å². The fourth-order valence-electron chi connectivity index (χ4n) is 2.91. The minimum atomic E-state index is -3.42. The van der Waals surface area contributed by atoms with Crippen LogP contribution in [0.2, 0.25) is 0 Å². The van der Waals surface area contributed by atoms with Gasteiger partial charge in [0.1, 0.15) is 0 Å². The number of benzene rings is 1. The standard InChI is InChI=1S/C16H26N2O2S/c1-3-10-17-12-14-6-4-5-7-16(14)21(19,20)18-15-9-8-13(2)11-15/h4-7,13,15,17-18H,3,8-12H2,1-2H3. The summed E-state index contributed by atoms with van der Waals surface area (Å²) in [5.41, 5.74) is 0.837. The topological polar surface area (TPSA) is 58.2 Å². The first-order valence-electron chi connectivity index (χ1n) is 7.84. The summed E-state index contributed by atoms with van der Waals surface area (Å²) in [5.74, 6) is 0.610. The van der Waals surface area contributed by atoms with E-state index in [0.717, 1.165) is 37.8 Å². The number of nitrogens with one attached hydrogen (secondary N) is 2. The third-order valence-corrected chi connectivity index (χ3v) is 5.64. The van der Waals surface area contributed by atoms with Crippen LogP contribution in [0.25, 0.3) is 0 Å². The van der Waals surface area contributed by atoms with Gasteiger partial charge in [0.15, 0.2) is 0 Å². The molecule has 0 aromatic heterocycles. The van der Waals surface area contributed by atoms with Gasteiger partial charge in [-0.25, -0.2) is 13.1 Å². The predicted molar refractivity (Wildman–Crippen MR) is 85.6 cm³/mol. The van der Waals surface area contributed by atoms with Crippen LogP contribution in [-0.2, 0) is 16.6 Å². The van der Waals surface area contributed by atoms with Crippen LogP contribution in [0.1, 0.15) is 45.1 Å². The zero-order valence-corrected chi connectivity index (χ0v) is 13.7.